The van der Waals surface area contributed by atoms with Crippen LogP contribution in [-0.4, -0.2) is 36.9 Å². The average Bonchev–Trinajstić information content (AvgIpc) is 3.01. The molecular formula is C22H20ClFN2O3. The molecular weight excluding hydrogens is 395 g/mol. The quantitative estimate of drug-likeness (QED) is 0.701. The van der Waals surface area contributed by atoms with E-state index in [-0.39, 0.29) is 10.7 Å². The summed E-state index contributed by atoms with van der Waals surface area (Å²) in [6.45, 7) is 1.43. The summed E-state index contributed by atoms with van der Waals surface area (Å²) in [5.74, 6) is -0.796. The van der Waals surface area contributed by atoms with E-state index in [1.807, 2.05) is 4.90 Å². The van der Waals surface area contributed by atoms with Crippen molar-refractivity contribution in [3.05, 3.63) is 64.6 Å². The van der Waals surface area contributed by atoms with E-state index in [9.17, 15) is 14.0 Å². The topological polar surface area (TPSA) is 49.9 Å². The van der Waals surface area contributed by atoms with Gasteiger partial charge in [0.15, 0.2) is 0 Å². The minimum Gasteiger partial charge on any atom is -0.497 e. The molecule has 1 saturated heterocycles. The van der Waals surface area contributed by atoms with Gasteiger partial charge in [-0.2, -0.15) is 0 Å². The lowest BCUT2D eigenvalue weighted by molar-refractivity contribution is -0.120. The van der Waals surface area contributed by atoms with Crippen molar-refractivity contribution in [3.8, 4) is 5.75 Å². The minimum atomic E-state index is -0.603. The van der Waals surface area contributed by atoms with Crippen molar-refractivity contribution in [2.24, 2.45) is 0 Å². The normalized spacial score (nSPS) is 17.3. The zero-order valence-corrected chi connectivity index (χ0v) is 16.7. The minimum absolute atomic E-state index is 0.138. The lowest BCUT2D eigenvalue weighted by atomic mass is 10.0. The number of benzene rings is 2. The van der Waals surface area contributed by atoms with Crippen LogP contribution in [0.2, 0.25) is 5.02 Å². The molecule has 2 amide bonds. The first kappa shape index (κ1) is 19.5. The second-order valence-electron chi connectivity index (χ2n) is 7.04. The van der Waals surface area contributed by atoms with Gasteiger partial charge in [0.25, 0.3) is 11.8 Å². The number of piperidine rings is 1. The van der Waals surface area contributed by atoms with Crippen LogP contribution in [0.3, 0.4) is 0 Å². The molecule has 7 heteroatoms. The van der Waals surface area contributed by atoms with Crippen molar-refractivity contribution in [1.82, 2.24) is 4.90 Å². The number of nitrogens with zero attached hydrogens (tertiary/aromatic N) is 2. The van der Waals surface area contributed by atoms with E-state index < -0.39 is 17.6 Å². The van der Waals surface area contributed by atoms with Crippen LogP contribution >= 0.6 is 11.6 Å². The number of likely N-dealkylation sites (tertiary alicyclic amines) is 1. The van der Waals surface area contributed by atoms with Gasteiger partial charge in [-0.05, 0) is 55.2 Å². The van der Waals surface area contributed by atoms with E-state index in [0.29, 0.717) is 35.7 Å². The van der Waals surface area contributed by atoms with Crippen LogP contribution < -0.4 is 9.64 Å². The van der Waals surface area contributed by atoms with Gasteiger partial charge in [0.05, 0.1) is 23.4 Å². The number of imide groups is 1. The van der Waals surface area contributed by atoms with Gasteiger partial charge in [-0.25, -0.2) is 9.29 Å². The van der Waals surface area contributed by atoms with Crippen molar-refractivity contribution < 1.29 is 18.7 Å². The van der Waals surface area contributed by atoms with Crippen molar-refractivity contribution >= 4 is 34.7 Å². The zero-order chi connectivity index (χ0) is 20.5. The van der Waals surface area contributed by atoms with Gasteiger partial charge in [-0.15, -0.1) is 0 Å². The number of ether oxygens (including phenoxy) is 1. The van der Waals surface area contributed by atoms with E-state index in [4.69, 9.17) is 16.3 Å². The first-order valence-corrected chi connectivity index (χ1v) is 9.86. The molecule has 0 spiro atoms. The van der Waals surface area contributed by atoms with Crippen LogP contribution in [0.25, 0.3) is 5.57 Å². The average molecular weight is 415 g/mol. The molecule has 2 aliphatic heterocycles. The number of anilines is 1. The first-order chi connectivity index (χ1) is 14.0. The van der Waals surface area contributed by atoms with Crippen LogP contribution in [0.4, 0.5) is 10.1 Å². The molecule has 2 aromatic carbocycles. The monoisotopic (exact) mass is 414 g/mol. The fourth-order valence-electron chi connectivity index (χ4n) is 3.81. The number of hydrogen-bond donors (Lipinski definition) is 0. The highest BCUT2D eigenvalue weighted by molar-refractivity contribution is 6.45. The van der Waals surface area contributed by atoms with Crippen molar-refractivity contribution in [3.63, 3.8) is 0 Å². The maximum absolute atomic E-state index is 13.6. The highest BCUT2D eigenvalue weighted by Gasteiger charge is 2.42. The van der Waals surface area contributed by atoms with Gasteiger partial charge in [0.1, 0.15) is 17.3 Å². The molecule has 2 aromatic rings. The number of carbonyl (C=O) groups is 2. The van der Waals surface area contributed by atoms with Gasteiger partial charge in [-0.3, -0.25) is 9.59 Å². The third-order valence-corrected chi connectivity index (χ3v) is 5.56. The Hall–Kier alpha value is -2.86. The van der Waals surface area contributed by atoms with Crippen molar-refractivity contribution in [2.75, 3.05) is 25.1 Å². The van der Waals surface area contributed by atoms with E-state index in [0.717, 1.165) is 30.2 Å². The molecule has 2 aliphatic rings. The Balaban J connectivity index is 1.81. The van der Waals surface area contributed by atoms with Crippen LogP contribution in [-0.2, 0) is 9.59 Å². The largest absolute Gasteiger partial charge is 0.497 e. The highest BCUT2D eigenvalue weighted by atomic mass is 35.5. The molecule has 2 heterocycles. The summed E-state index contributed by atoms with van der Waals surface area (Å²) >= 11 is 5.90. The smallest absolute Gasteiger partial charge is 0.282 e. The van der Waals surface area contributed by atoms with Crippen LogP contribution in [0.1, 0.15) is 24.8 Å². The van der Waals surface area contributed by atoms with Crippen molar-refractivity contribution in [1.29, 1.82) is 0 Å². The number of amides is 2. The van der Waals surface area contributed by atoms with Gasteiger partial charge in [0, 0.05) is 13.1 Å². The lowest BCUT2D eigenvalue weighted by Gasteiger charge is -2.29. The molecule has 4 rings (SSSR count). The van der Waals surface area contributed by atoms with Gasteiger partial charge < -0.3 is 9.64 Å². The standard InChI is InChI=1S/C22H20ClFN2O3/c1-29-16-8-5-14(6-9-16)19-20(25-11-3-2-4-12-25)22(28)26(21(19)27)15-7-10-18(24)17(23)13-15/h5-10,13H,2-4,11-12H2,1H3. The van der Waals surface area contributed by atoms with Gasteiger partial charge in [-0.1, -0.05) is 23.7 Å². The molecule has 0 aromatic heterocycles. The maximum atomic E-state index is 13.6. The van der Waals surface area contributed by atoms with E-state index in [1.54, 1.807) is 31.4 Å². The molecule has 0 radical (unpaired) electrons. The number of carbonyl (C=O) groups excluding carboxylic acids is 2. The summed E-state index contributed by atoms with van der Waals surface area (Å²) in [6, 6.07) is 10.9. The zero-order valence-electron chi connectivity index (χ0n) is 16.0. The summed E-state index contributed by atoms with van der Waals surface area (Å²) in [5.41, 5.74) is 1.63. The highest BCUT2D eigenvalue weighted by Crippen LogP contribution is 2.37. The molecule has 150 valence electrons. The van der Waals surface area contributed by atoms with E-state index in [2.05, 4.69) is 0 Å². The third kappa shape index (κ3) is 3.49. The molecule has 0 aliphatic carbocycles. The SMILES string of the molecule is COc1ccc(C2=C(N3CCCCC3)C(=O)N(c3ccc(F)c(Cl)c3)C2=O)cc1. The maximum Gasteiger partial charge on any atom is 0.282 e. The summed E-state index contributed by atoms with van der Waals surface area (Å²) in [7, 11) is 1.57. The number of hydrogen-bond acceptors (Lipinski definition) is 4. The van der Waals surface area contributed by atoms with Crippen LogP contribution in [0.15, 0.2) is 48.2 Å². The Morgan fingerprint density at radius 3 is 2.28 bits per heavy atom. The molecule has 0 N–H and O–H groups in total. The predicted octanol–water partition coefficient (Wildman–Crippen LogP) is 4.26. The van der Waals surface area contributed by atoms with E-state index >= 15 is 0 Å². The summed E-state index contributed by atoms with van der Waals surface area (Å²) in [5, 5.41) is -0.138. The van der Waals surface area contributed by atoms with Gasteiger partial charge >= 0.3 is 0 Å². The molecule has 0 saturated carbocycles. The molecule has 0 atom stereocenters. The first-order valence-electron chi connectivity index (χ1n) is 9.48. The summed E-state index contributed by atoms with van der Waals surface area (Å²) < 4.78 is 18.8. The second-order valence-corrected chi connectivity index (χ2v) is 7.45. The number of halogens is 2. The lowest BCUT2D eigenvalue weighted by Crippen LogP contribution is -2.37. The Morgan fingerprint density at radius 1 is 0.966 bits per heavy atom. The molecule has 5 nitrogen and oxygen atoms in total. The Morgan fingerprint density at radius 2 is 1.66 bits per heavy atom. The molecule has 0 bridgehead atoms. The molecule has 1 fully saturated rings. The van der Waals surface area contributed by atoms with Gasteiger partial charge in [0.2, 0.25) is 0 Å². The summed E-state index contributed by atoms with van der Waals surface area (Å²) in [4.78, 5) is 29.8. The summed E-state index contributed by atoms with van der Waals surface area (Å²) in [6.07, 6.45) is 3.02. The van der Waals surface area contributed by atoms with E-state index in [1.165, 1.54) is 12.1 Å². The molecule has 29 heavy (non-hydrogen) atoms. The predicted molar refractivity (Wildman–Crippen MR) is 109 cm³/mol. The second kappa shape index (κ2) is 7.87. The third-order valence-electron chi connectivity index (χ3n) is 5.27. The fraction of sp³-hybridized carbons (Fsp3) is 0.273. The fourth-order valence-corrected chi connectivity index (χ4v) is 3.98. The number of rotatable bonds is 4. The Labute approximate surface area is 173 Å². The number of methoxy groups -OCH3 is 1. The van der Waals surface area contributed by atoms with Crippen molar-refractivity contribution in [2.45, 2.75) is 19.3 Å². The van der Waals surface area contributed by atoms with Crippen LogP contribution in [0.5, 0.6) is 5.75 Å². The Kier molecular flexibility index (Phi) is 5.28. The Bertz CT molecular complexity index is 998. The van der Waals surface area contributed by atoms with Crippen LogP contribution in [0, 0.1) is 5.82 Å². The molecule has 0 unspecified atom stereocenters.